The van der Waals surface area contributed by atoms with Crippen LogP contribution in [0.15, 0.2) is 73.3 Å². The maximum absolute atomic E-state index is 13.6. The van der Waals surface area contributed by atoms with E-state index in [0.717, 1.165) is 4.46 Å². The quantitative estimate of drug-likeness (QED) is 0.291. The molecule has 2 rings (SSSR count). The van der Waals surface area contributed by atoms with Gasteiger partial charge >= 0.3 is 169 Å². The third-order valence-electron chi connectivity index (χ3n) is 4.23. The molecule has 142 valence electrons. The third-order valence-corrected chi connectivity index (χ3v) is 6.74. The molecular weight excluding hydrogens is 401 g/mol. The molecule has 0 saturated carbocycles. The van der Waals surface area contributed by atoms with Crippen molar-refractivity contribution in [1.29, 1.82) is 0 Å². The van der Waals surface area contributed by atoms with Crippen LogP contribution in [-0.4, -0.2) is 43.1 Å². The molecule has 0 aromatic heterocycles. The second-order valence-corrected chi connectivity index (χ2v) is 9.87. The average Bonchev–Trinajstić information content (AvgIpc) is 2.65. The van der Waals surface area contributed by atoms with Crippen LogP contribution >= 0.6 is 0 Å². The molecular formula is C23H27NO2Se. The number of ketones is 1. The Morgan fingerprint density at radius 1 is 1.00 bits per heavy atom. The Balaban J connectivity index is 2.45. The van der Waals surface area contributed by atoms with Gasteiger partial charge in [-0.15, -0.1) is 0 Å². The summed E-state index contributed by atoms with van der Waals surface area (Å²) in [6.45, 7) is 11.8. The Bertz CT molecular complexity index is 781. The summed E-state index contributed by atoms with van der Waals surface area (Å²) in [4.78, 5) is 27.9. The number of carbonyl (C=O) groups excluding carboxylic acids is 2. The van der Waals surface area contributed by atoms with E-state index in [0.29, 0.717) is 5.56 Å². The van der Waals surface area contributed by atoms with Crippen LogP contribution in [0.1, 0.15) is 38.1 Å². The van der Waals surface area contributed by atoms with E-state index in [9.17, 15) is 9.59 Å². The van der Waals surface area contributed by atoms with Crippen LogP contribution in [0.5, 0.6) is 0 Å². The van der Waals surface area contributed by atoms with Crippen LogP contribution < -0.4 is 4.46 Å². The van der Waals surface area contributed by atoms with E-state index in [-0.39, 0.29) is 32.7 Å². The van der Waals surface area contributed by atoms with Gasteiger partial charge < -0.3 is 0 Å². The van der Waals surface area contributed by atoms with Crippen molar-refractivity contribution in [2.75, 3.05) is 0 Å². The first kappa shape index (κ1) is 21.1. The van der Waals surface area contributed by atoms with Gasteiger partial charge in [0.2, 0.25) is 0 Å². The van der Waals surface area contributed by atoms with Crippen LogP contribution in [0.25, 0.3) is 0 Å². The van der Waals surface area contributed by atoms with Crippen molar-refractivity contribution < 1.29 is 9.59 Å². The first-order valence-electron chi connectivity index (χ1n) is 9.02. The predicted octanol–water partition coefficient (Wildman–Crippen LogP) is 3.89. The monoisotopic (exact) mass is 429 g/mol. The fourth-order valence-electron chi connectivity index (χ4n) is 2.98. The molecule has 3 nitrogen and oxygen atoms in total. The number of Topliss-reactive ketones (excluding diaryl/α,β-unsaturated/α-hetero) is 1. The average molecular weight is 428 g/mol. The molecule has 0 saturated heterocycles. The number of nitrogens with zero attached hydrogens (tertiary/aromatic N) is 1. The molecule has 0 fully saturated rings. The molecule has 0 heterocycles. The molecule has 0 radical (unpaired) electrons. The number of hydrogen-bond donors (Lipinski definition) is 0. The van der Waals surface area contributed by atoms with Crippen molar-refractivity contribution in [3.63, 3.8) is 0 Å². The van der Waals surface area contributed by atoms with E-state index in [1.807, 2.05) is 76.2 Å². The van der Waals surface area contributed by atoms with Crippen LogP contribution in [0, 0.1) is 0 Å². The summed E-state index contributed by atoms with van der Waals surface area (Å²) in [5.74, 6) is -0.248. The number of hydrogen-bond acceptors (Lipinski definition) is 2. The first-order chi connectivity index (χ1) is 12.8. The SMILES string of the molecule is C=CC(C)N(C(=O)C([Se]c1ccccc1)C(=O)c1ccccc1)C(C)(C)C. The zero-order chi connectivity index (χ0) is 20.0. The third kappa shape index (κ3) is 5.41. The summed E-state index contributed by atoms with van der Waals surface area (Å²) in [7, 11) is 0. The molecule has 2 aromatic carbocycles. The van der Waals surface area contributed by atoms with Gasteiger partial charge in [-0.2, -0.15) is 0 Å². The second-order valence-electron chi connectivity index (χ2n) is 7.40. The number of amides is 1. The standard InChI is InChI=1S/C23H27NO2Se/c1-6-17(2)24(23(3,4)5)22(26)21(27-19-15-11-8-12-16-19)20(25)18-13-9-7-10-14-18/h6-17,21H,1H2,2-5H3. The zero-order valence-electron chi connectivity index (χ0n) is 16.4. The molecule has 0 N–H and O–H groups in total. The number of rotatable bonds is 7. The topological polar surface area (TPSA) is 37.4 Å². The van der Waals surface area contributed by atoms with Gasteiger partial charge in [-0.05, 0) is 0 Å². The van der Waals surface area contributed by atoms with E-state index in [1.165, 1.54) is 0 Å². The molecule has 4 heteroatoms. The minimum atomic E-state index is -0.705. The molecule has 0 aliphatic heterocycles. The molecule has 27 heavy (non-hydrogen) atoms. The Morgan fingerprint density at radius 2 is 1.52 bits per heavy atom. The van der Waals surface area contributed by atoms with Crippen LogP contribution in [-0.2, 0) is 4.79 Å². The summed E-state index contributed by atoms with van der Waals surface area (Å²) in [6, 6.07) is 18.7. The van der Waals surface area contributed by atoms with E-state index in [1.54, 1.807) is 23.1 Å². The summed E-state index contributed by atoms with van der Waals surface area (Å²) >= 11 is -0.310. The molecule has 0 aliphatic rings. The molecule has 2 atom stereocenters. The predicted molar refractivity (Wildman–Crippen MR) is 113 cm³/mol. The van der Waals surface area contributed by atoms with Crippen LogP contribution in [0.2, 0.25) is 4.82 Å². The van der Waals surface area contributed by atoms with E-state index < -0.39 is 10.4 Å². The van der Waals surface area contributed by atoms with Gasteiger partial charge in [0, 0.05) is 0 Å². The maximum atomic E-state index is 13.6. The minimum absolute atomic E-state index is 0.116. The van der Waals surface area contributed by atoms with Gasteiger partial charge in [-0.25, -0.2) is 0 Å². The van der Waals surface area contributed by atoms with E-state index in [4.69, 9.17) is 0 Å². The summed E-state index contributed by atoms with van der Waals surface area (Å²) < 4.78 is 1.03. The molecule has 1 amide bonds. The Labute approximate surface area is 168 Å². The van der Waals surface area contributed by atoms with E-state index >= 15 is 0 Å². The normalized spacial score (nSPS) is 13.5. The van der Waals surface area contributed by atoms with Crippen molar-refractivity contribution in [2.24, 2.45) is 0 Å². The van der Waals surface area contributed by atoms with Gasteiger partial charge in [-0.3, -0.25) is 0 Å². The Hall–Kier alpha value is -2.16. The van der Waals surface area contributed by atoms with Crippen molar-refractivity contribution >= 4 is 31.1 Å². The van der Waals surface area contributed by atoms with E-state index in [2.05, 4.69) is 6.58 Å². The Morgan fingerprint density at radius 3 is 2.00 bits per heavy atom. The van der Waals surface area contributed by atoms with Crippen LogP contribution in [0.4, 0.5) is 0 Å². The van der Waals surface area contributed by atoms with Gasteiger partial charge in [0.15, 0.2) is 0 Å². The van der Waals surface area contributed by atoms with Crippen molar-refractivity contribution in [2.45, 2.75) is 44.1 Å². The zero-order valence-corrected chi connectivity index (χ0v) is 18.1. The summed E-state index contributed by atoms with van der Waals surface area (Å²) in [5.41, 5.74) is 0.168. The van der Waals surface area contributed by atoms with Gasteiger partial charge in [0.25, 0.3) is 0 Å². The first-order valence-corrected chi connectivity index (χ1v) is 10.9. The molecule has 2 unspecified atom stereocenters. The molecule has 0 spiro atoms. The van der Waals surface area contributed by atoms with Gasteiger partial charge in [0.05, 0.1) is 0 Å². The van der Waals surface area contributed by atoms with Crippen LogP contribution in [0.3, 0.4) is 0 Å². The number of carbonyl (C=O) groups is 2. The number of benzene rings is 2. The fraction of sp³-hybridized carbons (Fsp3) is 0.304. The fourth-order valence-corrected chi connectivity index (χ4v) is 5.17. The van der Waals surface area contributed by atoms with Crippen molar-refractivity contribution in [3.05, 3.63) is 78.9 Å². The van der Waals surface area contributed by atoms with Gasteiger partial charge in [0.1, 0.15) is 0 Å². The van der Waals surface area contributed by atoms with Crippen molar-refractivity contribution in [3.8, 4) is 0 Å². The van der Waals surface area contributed by atoms with Gasteiger partial charge in [-0.1, -0.05) is 0 Å². The molecule has 0 bridgehead atoms. The molecule has 2 aromatic rings. The molecule has 0 aliphatic carbocycles. The Kier molecular flexibility index (Phi) is 7.18. The second kappa shape index (κ2) is 9.16. The summed E-state index contributed by atoms with van der Waals surface area (Å²) in [5, 5.41) is 0. The van der Waals surface area contributed by atoms with Crippen molar-refractivity contribution in [1.82, 2.24) is 4.90 Å². The summed E-state index contributed by atoms with van der Waals surface area (Å²) in [6.07, 6.45) is 1.75.